The molecule has 0 saturated carbocycles. The Kier molecular flexibility index (Phi) is 6.05. The van der Waals surface area contributed by atoms with Gasteiger partial charge in [-0.05, 0) is 30.0 Å². The minimum atomic E-state index is -4.37. The number of amides is 1. The molecule has 5 nitrogen and oxygen atoms in total. The molecule has 0 bridgehead atoms. The first-order chi connectivity index (χ1) is 13.0. The molecule has 2 aliphatic heterocycles. The van der Waals surface area contributed by atoms with Gasteiger partial charge in [0, 0.05) is 38.6 Å². The monoisotopic (exact) mass is 418 g/mol. The van der Waals surface area contributed by atoms with E-state index in [9.17, 15) is 26.4 Å². The number of benzene rings is 1. The molecule has 0 aliphatic carbocycles. The fourth-order valence-corrected chi connectivity index (χ4v) is 5.67. The molecule has 9 heteroatoms. The van der Waals surface area contributed by atoms with Gasteiger partial charge in [-0.15, -0.1) is 0 Å². The Labute approximate surface area is 163 Å². The molecule has 0 aromatic heterocycles. The van der Waals surface area contributed by atoms with Crippen molar-refractivity contribution in [3.8, 4) is 0 Å². The molecule has 1 aromatic carbocycles. The van der Waals surface area contributed by atoms with Gasteiger partial charge in [-0.1, -0.05) is 19.1 Å². The number of carbonyl (C=O) groups excluding carboxylic acids is 1. The molecule has 156 valence electrons. The molecule has 3 rings (SSSR count). The Bertz CT molecular complexity index is 801. The van der Waals surface area contributed by atoms with Gasteiger partial charge in [0.25, 0.3) is 0 Å². The van der Waals surface area contributed by atoms with Crippen molar-refractivity contribution in [3.63, 3.8) is 0 Å². The van der Waals surface area contributed by atoms with Crippen LogP contribution < -0.4 is 0 Å². The summed E-state index contributed by atoms with van der Waals surface area (Å²) in [6.07, 6.45) is -3.47. The third kappa shape index (κ3) is 5.05. The van der Waals surface area contributed by atoms with E-state index >= 15 is 0 Å². The molecular weight excluding hydrogens is 393 g/mol. The predicted molar refractivity (Wildman–Crippen MR) is 99.7 cm³/mol. The number of hydrogen-bond acceptors (Lipinski definition) is 4. The van der Waals surface area contributed by atoms with Gasteiger partial charge in [-0.25, -0.2) is 8.42 Å². The van der Waals surface area contributed by atoms with Crippen molar-refractivity contribution in [2.75, 3.05) is 37.7 Å². The lowest BCUT2D eigenvalue weighted by Gasteiger charge is -2.38. The third-order valence-corrected chi connectivity index (χ3v) is 7.43. The minimum Gasteiger partial charge on any atom is -0.340 e. The molecule has 2 fully saturated rings. The Morgan fingerprint density at radius 1 is 1.14 bits per heavy atom. The Hall–Kier alpha value is -1.61. The van der Waals surface area contributed by atoms with E-state index in [4.69, 9.17) is 0 Å². The quantitative estimate of drug-likeness (QED) is 0.754. The van der Waals surface area contributed by atoms with Crippen molar-refractivity contribution in [3.05, 3.63) is 35.4 Å². The highest BCUT2D eigenvalue weighted by Crippen LogP contribution is 2.31. The fourth-order valence-electron chi connectivity index (χ4n) is 3.91. The standard InChI is InChI=1S/C19H25F3N2O3S/c1-14(15-2-4-16(5-3-15)19(20,21)22)12-18(25)24-9-7-23(8-10-24)17-6-11-28(26,27)13-17/h2-5,14,17H,6-13H2,1H3. The summed E-state index contributed by atoms with van der Waals surface area (Å²) in [5.41, 5.74) is 0.0102. The summed E-state index contributed by atoms with van der Waals surface area (Å²) in [5.74, 6) is 0.242. The molecule has 1 amide bonds. The zero-order valence-corrected chi connectivity index (χ0v) is 16.6. The van der Waals surface area contributed by atoms with Crippen molar-refractivity contribution < 1.29 is 26.4 Å². The number of sulfone groups is 1. The first kappa shape index (κ1) is 21.1. The molecule has 0 radical (unpaired) electrons. The van der Waals surface area contributed by atoms with Gasteiger partial charge in [0.2, 0.25) is 5.91 Å². The summed E-state index contributed by atoms with van der Waals surface area (Å²) in [4.78, 5) is 16.5. The highest BCUT2D eigenvalue weighted by Gasteiger charge is 2.34. The summed E-state index contributed by atoms with van der Waals surface area (Å²) in [5, 5.41) is 0. The van der Waals surface area contributed by atoms with E-state index in [-0.39, 0.29) is 35.8 Å². The second-order valence-electron chi connectivity index (χ2n) is 7.70. The summed E-state index contributed by atoms with van der Waals surface area (Å²) in [6, 6.07) is 5.00. The van der Waals surface area contributed by atoms with Crippen molar-refractivity contribution in [1.82, 2.24) is 9.80 Å². The highest BCUT2D eigenvalue weighted by molar-refractivity contribution is 7.91. The molecule has 2 unspecified atom stereocenters. The molecule has 0 spiro atoms. The first-order valence-electron chi connectivity index (χ1n) is 9.44. The average molecular weight is 418 g/mol. The van der Waals surface area contributed by atoms with Gasteiger partial charge < -0.3 is 4.90 Å². The van der Waals surface area contributed by atoms with Crippen LogP contribution in [0.25, 0.3) is 0 Å². The van der Waals surface area contributed by atoms with E-state index < -0.39 is 21.6 Å². The molecule has 2 heterocycles. The van der Waals surface area contributed by atoms with Gasteiger partial charge in [0.1, 0.15) is 0 Å². The smallest absolute Gasteiger partial charge is 0.340 e. The van der Waals surface area contributed by atoms with Crippen molar-refractivity contribution >= 4 is 15.7 Å². The van der Waals surface area contributed by atoms with Crippen LogP contribution in [-0.4, -0.2) is 67.9 Å². The number of hydrogen-bond donors (Lipinski definition) is 0. The van der Waals surface area contributed by atoms with E-state index in [0.29, 0.717) is 38.2 Å². The Morgan fingerprint density at radius 2 is 1.75 bits per heavy atom. The van der Waals surface area contributed by atoms with E-state index in [2.05, 4.69) is 4.90 Å². The SMILES string of the molecule is CC(CC(=O)N1CCN(C2CCS(=O)(=O)C2)CC1)c1ccc(C(F)(F)F)cc1. The molecule has 2 atom stereocenters. The van der Waals surface area contributed by atoms with Crippen LogP contribution in [0.4, 0.5) is 13.2 Å². The predicted octanol–water partition coefficient (Wildman–Crippen LogP) is 2.53. The van der Waals surface area contributed by atoms with Crippen LogP contribution in [0, 0.1) is 0 Å². The van der Waals surface area contributed by atoms with Gasteiger partial charge in [0.15, 0.2) is 9.84 Å². The molecule has 1 aromatic rings. The van der Waals surface area contributed by atoms with Gasteiger partial charge in [-0.3, -0.25) is 9.69 Å². The molecule has 2 aliphatic rings. The van der Waals surface area contributed by atoms with E-state index in [1.54, 1.807) is 4.90 Å². The van der Waals surface area contributed by atoms with Crippen LogP contribution in [0.1, 0.15) is 36.8 Å². The largest absolute Gasteiger partial charge is 0.416 e. The first-order valence-corrected chi connectivity index (χ1v) is 11.3. The number of alkyl halides is 3. The van der Waals surface area contributed by atoms with Gasteiger partial charge >= 0.3 is 6.18 Å². The number of carbonyl (C=O) groups is 1. The van der Waals surface area contributed by atoms with Gasteiger partial charge in [0.05, 0.1) is 17.1 Å². The average Bonchev–Trinajstić information content (AvgIpc) is 3.01. The molecular formula is C19H25F3N2O3S. The summed E-state index contributed by atoms with van der Waals surface area (Å²) >= 11 is 0. The minimum absolute atomic E-state index is 0.0221. The second-order valence-corrected chi connectivity index (χ2v) is 9.93. The normalized spacial score (nSPS) is 24.3. The molecule has 28 heavy (non-hydrogen) atoms. The number of piperazine rings is 1. The summed E-state index contributed by atoms with van der Waals surface area (Å²) in [7, 11) is -2.93. The molecule has 2 saturated heterocycles. The fraction of sp³-hybridized carbons (Fsp3) is 0.632. The van der Waals surface area contributed by atoms with Crippen LogP contribution >= 0.6 is 0 Å². The highest BCUT2D eigenvalue weighted by atomic mass is 32.2. The van der Waals surface area contributed by atoms with Crippen LogP contribution in [0.3, 0.4) is 0 Å². The maximum Gasteiger partial charge on any atom is 0.416 e. The second kappa shape index (κ2) is 8.02. The van der Waals surface area contributed by atoms with Crippen LogP contribution in [0.2, 0.25) is 0 Å². The lowest BCUT2D eigenvalue weighted by molar-refractivity contribution is -0.137. The maximum atomic E-state index is 12.7. The third-order valence-electron chi connectivity index (χ3n) is 5.68. The summed E-state index contributed by atoms with van der Waals surface area (Å²) < 4.78 is 61.3. The van der Waals surface area contributed by atoms with Crippen molar-refractivity contribution in [1.29, 1.82) is 0 Å². The number of rotatable bonds is 4. The van der Waals surface area contributed by atoms with Crippen LogP contribution in [-0.2, 0) is 20.8 Å². The zero-order chi connectivity index (χ0) is 20.5. The number of nitrogens with zero attached hydrogens (tertiary/aromatic N) is 2. The van der Waals surface area contributed by atoms with Crippen molar-refractivity contribution in [2.45, 2.75) is 37.9 Å². The Morgan fingerprint density at radius 3 is 2.25 bits per heavy atom. The topological polar surface area (TPSA) is 57.7 Å². The lowest BCUT2D eigenvalue weighted by Crippen LogP contribution is -2.52. The lowest BCUT2D eigenvalue weighted by atomic mass is 9.96. The van der Waals surface area contributed by atoms with Crippen LogP contribution in [0.5, 0.6) is 0 Å². The van der Waals surface area contributed by atoms with Gasteiger partial charge in [-0.2, -0.15) is 13.2 Å². The van der Waals surface area contributed by atoms with E-state index in [0.717, 1.165) is 12.1 Å². The van der Waals surface area contributed by atoms with E-state index in [1.165, 1.54) is 12.1 Å². The molecule has 0 N–H and O–H groups in total. The van der Waals surface area contributed by atoms with Crippen molar-refractivity contribution in [2.24, 2.45) is 0 Å². The summed E-state index contributed by atoms with van der Waals surface area (Å²) in [6.45, 7) is 4.24. The Balaban J connectivity index is 1.50. The number of halogens is 3. The van der Waals surface area contributed by atoms with E-state index in [1.807, 2.05) is 6.92 Å². The maximum absolute atomic E-state index is 12.7. The zero-order valence-electron chi connectivity index (χ0n) is 15.8. The van der Waals surface area contributed by atoms with Crippen LogP contribution in [0.15, 0.2) is 24.3 Å².